The van der Waals surface area contributed by atoms with Gasteiger partial charge in [-0.2, -0.15) is 0 Å². The molecule has 0 aromatic heterocycles. The van der Waals surface area contributed by atoms with Crippen LogP contribution in [0.5, 0.6) is 0 Å². The predicted octanol–water partition coefficient (Wildman–Crippen LogP) is 9.82. The Labute approximate surface area is 202 Å². The zero-order valence-electron chi connectivity index (χ0n) is 20.6. The molecule has 0 nitrogen and oxygen atoms in total. The minimum absolute atomic E-state index is 0.0156. The van der Waals surface area contributed by atoms with Crippen molar-refractivity contribution >= 4 is 0 Å². The molecule has 0 spiro atoms. The van der Waals surface area contributed by atoms with Crippen LogP contribution in [0.3, 0.4) is 0 Å². The number of hydrogen-bond acceptors (Lipinski definition) is 0. The zero-order valence-corrected chi connectivity index (χ0v) is 20.6. The first-order valence-electron chi connectivity index (χ1n) is 13.3. The molecule has 2 saturated carbocycles. The Bertz CT molecular complexity index is 929. The smallest absolute Gasteiger partial charge is 0.194 e. The van der Waals surface area contributed by atoms with Gasteiger partial charge in [0.25, 0.3) is 0 Å². The van der Waals surface area contributed by atoms with E-state index >= 15 is 0 Å². The van der Waals surface area contributed by atoms with Crippen LogP contribution in [0.15, 0.2) is 30.3 Å². The monoisotopic (exact) mass is 474 g/mol. The van der Waals surface area contributed by atoms with Crippen molar-refractivity contribution in [3.05, 3.63) is 59.2 Å². The van der Waals surface area contributed by atoms with E-state index in [0.717, 1.165) is 54.2 Å². The van der Waals surface area contributed by atoms with Gasteiger partial charge in [0, 0.05) is 5.56 Å². The second-order valence-corrected chi connectivity index (χ2v) is 11.0. The van der Waals surface area contributed by atoms with E-state index in [4.69, 9.17) is 0 Å². The topological polar surface area (TPSA) is 0 Å². The average Bonchev–Trinajstić information content (AvgIpc) is 2.83. The van der Waals surface area contributed by atoms with E-state index < -0.39 is 23.3 Å². The van der Waals surface area contributed by atoms with Crippen molar-refractivity contribution in [3.8, 4) is 11.1 Å². The third kappa shape index (κ3) is 5.86. The highest BCUT2D eigenvalue weighted by Gasteiger charge is 2.29. The van der Waals surface area contributed by atoms with Crippen LogP contribution in [-0.4, -0.2) is 0 Å². The van der Waals surface area contributed by atoms with E-state index in [1.807, 2.05) is 6.07 Å². The lowest BCUT2D eigenvalue weighted by atomic mass is 9.70. The Morgan fingerprint density at radius 3 is 1.97 bits per heavy atom. The van der Waals surface area contributed by atoms with Crippen molar-refractivity contribution < 1.29 is 17.6 Å². The third-order valence-electron chi connectivity index (χ3n) is 8.70. The summed E-state index contributed by atoms with van der Waals surface area (Å²) in [6, 6.07) is 6.62. The summed E-state index contributed by atoms with van der Waals surface area (Å²) in [7, 11) is 0. The molecule has 4 heteroatoms. The van der Waals surface area contributed by atoms with E-state index in [2.05, 4.69) is 13.8 Å². The second-order valence-electron chi connectivity index (χ2n) is 11.0. The first-order chi connectivity index (χ1) is 16.4. The summed E-state index contributed by atoms with van der Waals surface area (Å²) in [5.74, 6) is -0.952. The lowest BCUT2D eigenvalue weighted by Crippen LogP contribution is -2.23. The molecule has 0 saturated heterocycles. The van der Waals surface area contributed by atoms with Crippen molar-refractivity contribution in [1.82, 2.24) is 0 Å². The summed E-state index contributed by atoms with van der Waals surface area (Å²) in [4.78, 5) is 0. The predicted molar refractivity (Wildman–Crippen MR) is 131 cm³/mol. The molecule has 2 aliphatic rings. The molecular weight excluding hydrogens is 436 g/mol. The van der Waals surface area contributed by atoms with Gasteiger partial charge in [-0.15, -0.1) is 0 Å². The molecule has 0 N–H and O–H groups in total. The molecular formula is C30H38F4. The minimum atomic E-state index is -1.53. The molecule has 0 heterocycles. The second kappa shape index (κ2) is 11.3. The Hall–Kier alpha value is -1.84. The molecule has 186 valence electrons. The van der Waals surface area contributed by atoms with Gasteiger partial charge in [0.05, 0.1) is 0 Å². The molecule has 2 fully saturated rings. The van der Waals surface area contributed by atoms with Crippen LogP contribution in [0.25, 0.3) is 11.1 Å². The Morgan fingerprint density at radius 1 is 0.765 bits per heavy atom. The molecule has 0 amide bonds. The van der Waals surface area contributed by atoms with Crippen molar-refractivity contribution in [3.63, 3.8) is 0 Å². The van der Waals surface area contributed by atoms with Crippen LogP contribution < -0.4 is 0 Å². The standard InChI is InChI=1S/C30H38F4/c1-3-4-20-5-9-22(10-6-20)19(2)15-21-7-11-23(12-8-21)24-13-14-26(27(31)16-24)25-17-28(32)30(34)29(33)18-25/h13-14,16-23H,3-12,15H2,1-2H3. The maximum Gasteiger partial charge on any atom is 0.194 e. The molecule has 1 atom stereocenters. The third-order valence-corrected chi connectivity index (χ3v) is 8.70. The molecule has 2 aromatic rings. The molecule has 1 unspecified atom stereocenters. The SMILES string of the molecule is CCCC1CCC(C(C)CC2CCC(c3ccc(-c4cc(F)c(F)c(F)c4)c(F)c3)CC2)CC1. The Morgan fingerprint density at radius 2 is 1.38 bits per heavy atom. The quantitative estimate of drug-likeness (QED) is 0.277. The average molecular weight is 475 g/mol. The van der Waals surface area contributed by atoms with E-state index in [-0.39, 0.29) is 11.1 Å². The minimum Gasteiger partial charge on any atom is -0.206 e. The van der Waals surface area contributed by atoms with Crippen LogP contribution in [0, 0.1) is 46.9 Å². The highest BCUT2D eigenvalue weighted by atomic mass is 19.2. The van der Waals surface area contributed by atoms with Crippen LogP contribution in [0.2, 0.25) is 0 Å². The largest absolute Gasteiger partial charge is 0.206 e. The van der Waals surface area contributed by atoms with Gasteiger partial charge in [-0.25, -0.2) is 17.6 Å². The van der Waals surface area contributed by atoms with Crippen LogP contribution in [0.4, 0.5) is 17.6 Å². The summed E-state index contributed by atoms with van der Waals surface area (Å²) in [5.41, 5.74) is 1.06. The van der Waals surface area contributed by atoms with Crippen molar-refractivity contribution in [2.45, 2.75) is 90.4 Å². The fourth-order valence-electron chi connectivity index (χ4n) is 6.63. The summed E-state index contributed by atoms with van der Waals surface area (Å²) >= 11 is 0. The first kappa shape index (κ1) is 25.3. The molecule has 0 radical (unpaired) electrons. The summed E-state index contributed by atoms with van der Waals surface area (Å²) in [6.45, 7) is 4.74. The normalized spacial score (nSPS) is 26.4. The summed E-state index contributed by atoms with van der Waals surface area (Å²) < 4.78 is 55.3. The van der Waals surface area contributed by atoms with Crippen LogP contribution in [0.1, 0.15) is 96.0 Å². The first-order valence-corrected chi connectivity index (χ1v) is 13.3. The van der Waals surface area contributed by atoms with Crippen LogP contribution >= 0.6 is 0 Å². The van der Waals surface area contributed by atoms with E-state index in [1.54, 1.807) is 6.07 Å². The van der Waals surface area contributed by atoms with Crippen molar-refractivity contribution in [1.29, 1.82) is 0 Å². The number of benzene rings is 2. The fraction of sp³-hybridized carbons (Fsp3) is 0.600. The molecule has 0 aliphatic heterocycles. The highest BCUT2D eigenvalue weighted by Crippen LogP contribution is 2.43. The van der Waals surface area contributed by atoms with Gasteiger partial charge in [-0.3, -0.25) is 0 Å². The maximum absolute atomic E-state index is 14.8. The van der Waals surface area contributed by atoms with Gasteiger partial charge < -0.3 is 0 Å². The molecule has 4 rings (SSSR count). The van der Waals surface area contributed by atoms with Gasteiger partial charge in [0.1, 0.15) is 5.82 Å². The van der Waals surface area contributed by atoms with Gasteiger partial charge in [-0.1, -0.05) is 51.7 Å². The summed E-state index contributed by atoms with van der Waals surface area (Å²) in [5, 5.41) is 0. The van der Waals surface area contributed by atoms with E-state index in [9.17, 15) is 17.6 Å². The number of hydrogen-bond donors (Lipinski definition) is 0. The lowest BCUT2D eigenvalue weighted by Gasteiger charge is -2.36. The Balaban J connectivity index is 1.31. The fourth-order valence-corrected chi connectivity index (χ4v) is 6.63. The highest BCUT2D eigenvalue weighted by molar-refractivity contribution is 5.65. The van der Waals surface area contributed by atoms with Gasteiger partial charge in [0.2, 0.25) is 0 Å². The number of halogens is 4. The van der Waals surface area contributed by atoms with Gasteiger partial charge in [0.15, 0.2) is 17.5 Å². The molecule has 0 bridgehead atoms. The van der Waals surface area contributed by atoms with Crippen molar-refractivity contribution in [2.75, 3.05) is 0 Å². The van der Waals surface area contributed by atoms with Gasteiger partial charge >= 0.3 is 0 Å². The number of rotatable bonds is 7. The van der Waals surface area contributed by atoms with Gasteiger partial charge in [-0.05, 0) is 104 Å². The molecule has 34 heavy (non-hydrogen) atoms. The maximum atomic E-state index is 14.8. The molecule has 2 aliphatic carbocycles. The lowest BCUT2D eigenvalue weighted by molar-refractivity contribution is 0.169. The van der Waals surface area contributed by atoms with Crippen molar-refractivity contribution in [2.24, 2.45) is 23.7 Å². The van der Waals surface area contributed by atoms with Crippen LogP contribution in [-0.2, 0) is 0 Å². The Kier molecular flexibility index (Phi) is 8.37. The molecule has 2 aromatic carbocycles. The van der Waals surface area contributed by atoms with E-state index in [1.165, 1.54) is 63.9 Å². The summed E-state index contributed by atoms with van der Waals surface area (Å²) in [6.07, 6.45) is 14.1. The zero-order chi connectivity index (χ0) is 24.2. The van der Waals surface area contributed by atoms with E-state index in [0.29, 0.717) is 5.92 Å².